The number of fused-ring (bicyclic) bond motifs is 5. The normalized spacial score (nSPS) is 33.4. The van der Waals surface area contributed by atoms with E-state index in [-0.39, 0.29) is 41.5 Å². The number of benzene rings is 1. The number of nitrogens with zero attached hydrogens (tertiary/aromatic N) is 1. The van der Waals surface area contributed by atoms with E-state index < -0.39 is 0 Å². The summed E-state index contributed by atoms with van der Waals surface area (Å²) in [5, 5.41) is 0. The van der Waals surface area contributed by atoms with Gasteiger partial charge in [0.2, 0.25) is 11.8 Å². The maximum Gasteiger partial charge on any atom is 0.234 e. The summed E-state index contributed by atoms with van der Waals surface area (Å²) in [6.45, 7) is 3.80. The van der Waals surface area contributed by atoms with Crippen LogP contribution in [0, 0.1) is 23.7 Å². The van der Waals surface area contributed by atoms with Gasteiger partial charge in [-0.05, 0) is 30.2 Å². The molecule has 2 bridgehead atoms. The Morgan fingerprint density at radius 3 is 2.23 bits per heavy atom. The molecule has 2 aliphatic carbocycles. The average Bonchev–Trinajstić information content (AvgIpc) is 3.21. The van der Waals surface area contributed by atoms with Crippen molar-refractivity contribution in [3.63, 3.8) is 0 Å². The minimum atomic E-state index is -0.219. The van der Waals surface area contributed by atoms with E-state index in [1.54, 1.807) is 6.08 Å². The first kappa shape index (κ1) is 13.5. The molecule has 2 fully saturated rings. The number of amides is 2. The third-order valence-electron chi connectivity index (χ3n) is 5.39. The summed E-state index contributed by atoms with van der Waals surface area (Å²) in [6.07, 6.45) is 7.62. The van der Waals surface area contributed by atoms with E-state index in [4.69, 9.17) is 0 Å². The minimum Gasteiger partial charge on any atom is -0.274 e. The Morgan fingerprint density at radius 1 is 1.09 bits per heavy atom. The molecule has 5 atom stereocenters. The van der Waals surface area contributed by atoms with Crippen molar-refractivity contribution in [3.05, 3.63) is 60.7 Å². The molecule has 112 valence electrons. The summed E-state index contributed by atoms with van der Waals surface area (Å²) in [7, 11) is 0. The Bertz CT molecular complexity index is 633. The fourth-order valence-electron chi connectivity index (χ4n) is 4.46. The molecule has 3 aliphatic rings. The first-order valence-electron chi connectivity index (χ1n) is 7.93. The predicted octanol–water partition coefficient (Wildman–Crippen LogP) is 3.11. The molecule has 0 radical (unpaired) electrons. The monoisotopic (exact) mass is 293 g/mol. The third kappa shape index (κ3) is 1.75. The van der Waals surface area contributed by atoms with Crippen LogP contribution in [0.2, 0.25) is 0 Å². The quantitative estimate of drug-likeness (QED) is 0.632. The second-order valence-corrected chi connectivity index (χ2v) is 6.50. The largest absolute Gasteiger partial charge is 0.274 e. The summed E-state index contributed by atoms with van der Waals surface area (Å²) in [5.74, 6) is 0.301. The standard InChI is InChI=1S/C19H19NO2/c1-2-6-15(12-7-4-3-5-8-12)20-18(21)16-13-9-10-14(11-13)17(16)19(20)22/h2-5,7-10,13-17H,1,6,11H2. The van der Waals surface area contributed by atoms with Crippen molar-refractivity contribution >= 4 is 11.8 Å². The van der Waals surface area contributed by atoms with Crippen LogP contribution in [0.15, 0.2) is 55.1 Å². The average molecular weight is 293 g/mol. The van der Waals surface area contributed by atoms with Gasteiger partial charge in [-0.2, -0.15) is 0 Å². The first-order chi connectivity index (χ1) is 10.7. The van der Waals surface area contributed by atoms with E-state index in [1.165, 1.54) is 4.90 Å². The topological polar surface area (TPSA) is 37.4 Å². The zero-order valence-electron chi connectivity index (χ0n) is 12.4. The lowest BCUT2D eigenvalue weighted by molar-refractivity contribution is -0.143. The second-order valence-electron chi connectivity index (χ2n) is 6.50. The number of imide groups is 1. The number of likely N-dealkylation sites (tertiary alicyclic amines) is 1. The molecule has 3 nitrogen and oxygen atoms in total. The Morgan fingerprint density at radius 2 is 1.68 bits per heavy atom. The number of rotatable bonds is 4. The lowest BCUT2D eigenvalue weighted by atomic mass is 9.85. The van der Waals surface area contributed by atoms with Gasteiger partial charge in [0.05, 0.1) is 17.9 Å². The summed E-state index contributed by atoms with van der Waals surface area (Å²) in [4.78, 5) is 27.4. The SMILES string of the molecule is C=CCC(c1ccccc1)N1C(=O)C2C3C=CC(C3)C2C1=O. The van der Waals surface area contributed by atoms with Crippen molar-refractivity contribution < 1.29 is 9.59 Å². The fraction of sp³-hybridized carbons (Fsp3) is 0.368. The second kappa shape index (κ2) is 4.94. The van der Waals surface area contributed by atoms with Crippen molar-refractivity contribution in [2.75, 3.05) is 0 Å². The highest BCUT2D eigenvalue weighted by Crippen LogP contribution is 2.54. The Labute approximate surface area is 130 Å². The van der Waals surface area contributed by atoms with Gasteiger partial charge in [-0.15, -0.1) is 6.58 Å². The molecule has 1 aliphatic heterocycles. The van der Waals surface area contributed by atoms with Crippen molar-refractivity contribution in [3.8, 4) is 0 Å². The van der Waals surface area contributed by atoms with Crippen LogP contribution in [0.1, 0.15) is 24.4 Å². The molecule has 1 saturated carbocycles. The van der Waals surface area contributed by atoms with Gasteiger partial charge >= 0.3 is 0 Å². The van der Waals surface area contributed by atoms with Gasteiger partial charge in [0, 0.05) is 0 Å². The van der Waals surface area contributed by atoms with Crippen molar-refractivity contribution in [1.29, 1.82) is 0 Å². The maximum absolute atomic E-state index is 12.9. The van der Waals surface area contributed by atoms with Crippen LogP contribution in [0.3, 0.4) is 0 Å². The van der Waals surface area contributed by atoms with Crippen LogP contribution in [0.25, 0.3) is 0 Å². The van der Waals surface area contributed by atoms with E-state index >= 15 is 0 Å². The zero-order chi connectivity index (χ0) is 15.3. The van der Waals surface area contributed by atoms with Gasteiger partial charge in [0.25, 0.3) is 0 Å². The molecule has 5 unspecified atom stereocenters. The molecule has 0 N–H and O–H groups in total. The van der Waals surface area contributed by atoms with Crippen LogP contribution in [0.5, 0.6) is 0 Å². The van der Waals surface area contributed by atoms with Crippen molar-refractivity contribution in [2.45, 2.75) is 18.9 Å². The number of hydrogen-bond acceptors (Lipinski definition) is 2. The van der Waals surface area contributed by atoms with Gasteiger partial charge in [0.1, 0.15) is 0 Å². The number of allylic oxidation sites excluding steroid dienone is 2. The van der Waals surface area contributed by atoms with Crippen molar-refractivity contribution in [1.82, 2.24) is 4.90 Å². The van der Waals surface area contributed by atoms with Gasteiger partial charge in [0.15, 0.2) is 0 Å². The fourth-order valence-corrected chi connectivity index (χ4v) is 4.46. The van der Waals surface area contributed by atoms with Crippen LogP contribution in [-0.2, 0) is 9.59 Å². The van der Waals surface area contributed by atoms with Crippen LogP contribution < -0.4 is 0 Å². The van der Waals surface area contributed by atoms with E-state index in [0.29, 0.717) is 6.42 Å². The highest BCUT2D eigenvalue weighted by molar-refractivity contribution is 6.06. The Hall–Kier alpha value is -2.16. The van der Waals surface area contributed by atoms with E-state index in [9.17, 15) is 9.59 Å². The molecule has 1 saturated heterocycles. The lowest BCUT2D eigenvalue weighted by Gasteiger charge is -2.27. The summed E-state index contributed by atoms with van der Waals surface area (Å²) >= 11 is 0. The first-order valence-corrected chi connectivity index (χ1v) is 7.93. The third-order valence-corrected chi connectivity index (χ3v) is 5.39. The van der Waals surface area contributed by atoms with Gasteiger partial charge in [-0.3, -0.25) is 14.5 Å². The Kier molecular flexibility index (Phi) is 3.03. The highest BCUT2D eigenvalue weighted by atomic mass is 16.2. The molecule has 3 heteroatoms. The molecule has 1 aromatic rings. The summed E-state index contributed by atoms with van der Waals surface area (Å²) in [5.41, 5.74) is 1.00. The van der Waals surface area contributed by atoms with Gasteiger partial charge < -0.3 is 0 Å². The molecule has 1 heterocycles. The van der Waals surface area contributed by atoms with Crippen LogP contribution >= 0.6 is 0 Å². The van der Waals surface area contributed by atoms with E-state index in [0.717, 1.165) is 12.0 Å². The molecular formula is C19H19NO2. The highest BCUT2D eigenvalue weighted by Gasteiger charge is 2.60. The van der Waals surface area contributed by atoms with E-state index in [1.807, 2.05) is 30.3 Å². The molecule has 0 aromatic heterocycles. The lowest BCUT2D eigenvalue weighted by Crippen LogP contribution is -2.36. The predicted molar refractivity (Wildman–Crippen MR) is 83.6 cm³/mol. The van der Waals surface area contributed by atoms with Gasteiger partial charge in [-0.25, -0.2) is 0 Å². The molecular weight excluding hydrogens is 274 g/mol. The van der Waals surface area contributed by atoms with E-state index in [2.05, 4.69) is 18.7 Å². The summed E-state index contributed by atoms with van der Waals surface area (Å²) in [6, 6.07) is 9.58. The minimum absolute atomic E-state index is 0.0163. The smallest absolute Gasteiger partial charge is 0.234 e. The number of carbonyl (C=O) groups excluding carboxylic acids is 2. The number of carbonyl (C=O) groups is 2. The molecule has 0 spiro atoms. The molecule has 4 rings (SSSR count). The molecule has 2 amide bonds. The van der Waals surface area contributed by atoms with Gasteiger partial charge in [-0.1, -0.05) is 48.6 Å². The van der Waals surface area contributed by atoms with Crippen molar-refractivity contribution in [2.24, 2.45) is 23.7 Å². The summed E-state index contributed by atoms with van der Waals surface area (Å²) < 4.78 is 0. The molecule has 1 aromatic carbocycles. The van der Waals surface area contributed by atoms with Crippen LogP contribution in [0.4, 0.5) is 0 Å². The zero-order valence-corrected chi connectivity index (χ0v) is 12.4. The van der Waals surface area contributed by atoms with Crippen LogP contribution in [-0.4, -0.2) is 16.7 Å². The molecule has 22 heavy (non-hydrogen) atoms. The Balaban J connectivity index is 1.71. The number of hydrogen-bond donors (Lipinski definition) is 0. The maximum atomic E-state index is 12.9.